The second-order valence-electron chi connectivity index (χ2n) is 4.07. The SMILES string of the molecule is COc1ccc(C(O)C2CC2)cc1OC(F)F. The first-order chi connectivity index (χ1) is 8.11. The van der Waals surface area contributed by atoms with Gasteiger partial charge in [0.15, 0.2) is 11.5 Å². The lowest BCUT2D eigenvalue weighted by atomic mass is 10.1. The zero-order valence-electron chi connectivity index (χ0n) is 9.40. The lowest BCUT2D eigenvalue weighted by Gasteiger charge is -2.14. The highest BCUT2D eigenvalue weighted by molar-refractivity contribution is 5.43. The van der Waals surface area contributed by atoms with E-state index in [0.29, 0.717) is 5.56 Å². The molecule has 1 N–H and O–H groups in total. The Morgan fingerprint density at radius 1 is 1.29 bits per heavy atom. The van der Waals surface area contributed by atoms with Crippen molar-refractivity contribution in [2.24, 2.45) is 5.92 Å². The van der Waals surface area contributed by atoms with Gasteiger partial charge in [-0.1, -0.05) is 6.07 Å². The van der Waals surface area contributed by atoms with Gasteiger partial charge in [0.25, 0.3) is 0 Å². The lowest BCUT2D eigenvalue weighted by Crippen LogP contribution is -2.06. The number of hydrogen-bond acceptors (Lipinski definition) is 3. The van der Waals surface area contributed by atoms with Crippen LogP contribution >= 0.6 is 0 Å². The molecule has 1 aromatic carbocycles. The van der Waals surface area contributed by atoms with Gasteiger partial charge in [-0.2, -0.15) is 8.78 Å². The quantitative estimate of drug-likeness (QED) is 0.865. The topological polar surface area (TPSA) is 38.7 Å². The molecule has 1 aliphatic rings. The Hall–Kier alpha value is -1.36. The summed E-state index contributed by atoms with van der Waals surface area (Å²) in [5.41, 5.74) is 0.587. The Balaban J connectivity index is 2.23. The second-order valence-corrected chi connectivity index (χ2v) is 4.07. The number of halogens is 2. The number of alkyl halides is 2. The average molecular weight is 244 g/mol. The molecule has 1 aliphatic carbocycles. The first-order valence-corrected chi connectivity index (χ1v) is 5.42. The predicted octanol–water partition coefficient (Wildman–Crippen LogP) is 2.74. The second kappa shape index (κ2) is 4.87. The summed E-state index contributed by atoms with van der Waals surface area (Å²) >= 11 is 0. The van der Waals surface area contributed by atoms with Gasteiger partial charge in [-0.05, 0) is 36.5 Å². The summed E-state index contributed by atoms with van der Waals surface area (Å²) < 4.78 is 33.7. The van der Waals surface area contributed by atoms with Crippen LogP contribution in [0.5, 0.6) is 11.5 Å². The first kappa shape index (κ1) is 12.1. The number of hydrogen-bond donors (Lipinski definition) is 1. The maximum atomic E-state index is 12.2. The van der Waals surface area contributed by atoms with Crippen LogP contribution < -0.4 is 9.47 Å². The summed E-state index contributed by atoms with van der Waals surface area (Å²) in [7, 11) is 1.38. The van der Waals surface area contributed by atoms with Crippen molar-refractivity contribution in [3.05, 3.63) is 23.8 Å². The van der Waals surface area contributed by atoms with E-state index in [4.69, 9.17) is 4.74 Å². The molecule has 3 nitrogen and oxygen atoms in total. The van der Waals surface area contributed by atoms with Crippen molar-refractivity contribution in [1.29, 1.82) is 0 Å². The molecule has 5 heteroatoms. The van der Waals surface area contributed by atoms with Crippen LogP contribution in [-0.2, 0) is 0 Å². The van der Waals surface area contributed by atoms with E-state index < -0.39 is 12.7 Å². The van der Waals surface area contributed by atoms with Gasteiger partial charge < -0.3 is 14.6 Å². The molecule has 0 heterocycles. The van der Waals surface area contributed by atoms with Crippen LogP contribution in [0, 0.1) is 5.92 Å². The summed E-state index contributed by atoms with van der Waals surface area (Å²) in [6.07, 6.45) is 1.33. The van der Waals surface area contributed by atoms with Gasteiger partial charge in [-0.3, -0.25) is 0 Å². The fourth-order valence-corrected chi connectivity index (χ4v) is 1.75. The smallest absolute Gasteiger partial charge is 0.387 e. The van der Waals surface area contributed by atoms with Crippen LogP contribution in [0.4, 0.5) is 8.78 Å². The van der Waals surface area contributed by atoms with Crippen molar-refractivity contribution >= 4 is 0 Å². The van der Waals surface area contributed by atoms with E-state index in [1.165, 1.54) is 19.2 Å². The third-order valence-electron chi connectivity index (χ3n) is 2.81. The molecule has 2 rings (SSSR count). The molecule has 0 aliphatic heterocycles. The summed E-state index contributed by atoms with van der Waals surface area (Å²) in [5.74, 6) is 0.430. The first-order valence-electron chi connectivity index (χ1n) is 5.42. The van der Waals surface area contributed by atoms with Crippen LogP contribution in [0.2, 0.25) is 0 Å². The molecule has 1 saturated carbocycles. The van der Waals surface area contributed by atoms with Gasteiger partial charge in [0, 0.05) is 0 Å². The molecule has 1 atom stereocenters. The number of ether oxygens (including phenoxy) is 2. The zero-order valence-corrected chi connectivity index (χ0v) is 9.40. The minimum Gasteiger partial charge on any atom is -0.493 e. The van der Waals surface area contributed by atoms with Crippen molar-refractivity contribution in [3.8, 4) is 11.5 Å². The van der Waals surface area contributed by atoms with Gasteiger partial charge >= 0.3 is 6.61 Å². The Labute approximate surface area is 98.0 Å². The van der Waals surface area contributed by atoms with Gasteiger partial charge in [-0.15, -0.1) is 0 Å². The van der Waals surface area contributed by atoms with Crippen molar-refractivity contribution < 1.29 is 23.4 Å². The van der Waals surface area contributed by atoms with E-state index in [1.54, 1.807) is 6.07 Å². The molecule has 1 fully saturated rings. The van der Waals surface area contributed by atoms with Gasteiger partial charge in [-0.25, -0.2) is 0 Å². The molecule has 1 aromatic rings. The van der Waals surface area contributed by atoms with Gasteiger partial charge in [0.2, 0.25) is 0 Å². The molecule has 0 radical (unpaired) electrons. The monoisotopic (exact) mass is 244 g/mol. The van der Waals surface area contributed by atoms with Gasteiger partial charge in [0.05, 0.1) is 13.2 Å². The van der Waals surface area contributed by atoms with E-state index >= 15 is 0 Å². The summed E-state index contributed by atoms with van der Waals surface area (Å²) in [6, 6.07) is 4.60. The Bertz CT molecular complexity index is 391. The zero-order chi connectivity index (χ0) is 12.4. The molecule has 0 spiro atoms. The van der Waals surface area contributed by atoms with E-state index in [-0.39, 0.29) is 17.4 Å². The number of rotatable bonds is 5. The Kier molecular flexibility index (Phi) is 3.47. The molecule has 0 aromatic heterocycles. The lowest BCUT2D eigenvalue weighted by molar-refractivity contribution is -0.0513. The standard InChI is InChI=1S/C12H14F2O3/c1-16-9-5-4-8(11(15)7-2-3-7)6-10(9)17-12(13)14/h4-7,11-12,15H,2-3H2,1H3. The van der Waals surface area contributed by atoms with E-state index in [2.05, 4.69) is 4.74 Å². The van der Waals surface area contributed by atoms with Crippen molar-refractivity contribution in [2.45, 2.75) is 25.6 Å². The molecular formula is C12H14F2O3. The predicted molar refractivity (Wildman–Crippen MR) is 57.3 cm³/mol. The van der Waals surface area contributed by atoms with Crippen LogP contribution in [0.15, 0.2) is 18.2 Å². The molecule has 17 heavy (non-hydrogen) atoms. The normalized spacial score (nSPS) is 17.0. The number of methoxy groups -OCH3 is 1. The summed E-state index contributed by atoms with van der Waals surface area (Å²) in [5, 5.41) is 9.90. The van der Waals surface area contributed by atoms with Crippen molar-refractivity contribution in [3.63, 3.8) is 0 Å². The van der Waals surface area contributed by atoms with E-state index in [1.807, 2.05) is 0 Å². The van der Waals surface area contributed by atoms with Crippen LogP contribution in [0.1, 0.15) is 24.5 Å². The van der Waals surface area contributed by atoms with Gasteiger partial charge in [0.1, 0.15) is 0 Å². The molecule has 0 bridgehead atoms. The molecule has 0 saturated heterocycles. The fraction of sp³-hybridized carbons (Fsp3) is 0.500. The number of aliphatic hydroxyl groups is 1. The summed E-state index contributed by atoms with van der Waals surface area (Å²) in [4.78, 5) is 0. The van der Waals surface area contributed by atoms with Crippen molar-refractivity contribution in [1.82, 2.24) is 0 Å². The fourth-order valence-electron chi connectivity index (χ4n) is 1.75. The largest absolute Gasteiger partial charge is 0.493 e. The molecule has 1 unspecified atom stereocenters. The van der Waals surface area contributed by atoms with Crippen molar-refractivity contribution in [2.75, 3.05) is 7.11 Å². The highest BCUT2D eigenvalue weighted by atomic mass is 19.3. The minimum atomic E-state index is -2.91. The van der Waals surface area contributed by atoms with Crippen LogP contribution in [0.25, 0.3) is 0 Å². The van der Waals surface area contributed by atoms with E-state index in [0.717, 1.165) is 12.8 Å². The summed E-state index contributed by atoms with van der Waals surface area (Å²) in [6.45, 7) is -2.91. The van der Waals surface area contributed by atoms with Crippen LogP contribution in [-0.4, -0.2) is 18.8 Å². The minimum absolute atomic E-state index is 0.0419. The van der Waals surface area contributed by atoms with Crippen LogP contribution in [0.3, 0.4) is 0 Å². The average Bonchev–Trinajstić information content (AvgIpc) is 3.11. The molecular weight excluding hydrogens is 230 g/mol. The highest BCUT2D eigenvalue weighted by Gasteiger charge is 2.31. The Morgan fingerprint density at radius 3 is 2.53 bits per heavy atom. The molecule has 0 amide bonds. The third kappa shape index (κ3) is 2.85. The highest BCUT2D eigenvalue weighted by Crippen LogP contribution is 2.42. The maximum Gasteiger partial charge on any atom is 0.387 e. The third-order valence-corrected chi connectivity index (χ3v) is 2.81. The Morgan fingerprint density at radius 2 is 2.00 bits per heavy atom. The molecule has 94 valence electrons. The van der Waals surface area contributed by atoms with E-state index in [9.17, 15) is 13.9 Å². The number of benzene rings is 1. The maximum absolute atomic E-state index is 12.2. The number of aliphatic hydroxyl groups excluding tert-OH is 1.